The number of nitrogens with one attached hydrogen (secondary N) is 3. The minimum absolute atomic E-state index is 0.0764. The van der Waals surface area contributed by atoms with Crippen LogP contribution in [-0.4, -0.2) is 58.5 Å². The van der Waals surface area contributed by atoms with E-state index in [1.807, 2.05) is 0 Å². The number of hydrogen-bond acceptors (Lipinski definition) is 5. The third kappa shape index (κ3) is 14.7. The second kappa shape index (κ2) is 14.3. The fraction of sp³-hybridized carbons (Fsp3) is 0.833. The summed E-state index contributed by atoms with van der Waals surface area (Å²) in [5.74, 6) is 1.19. The Labute approximate surface area is 143 Å². The molecule has 118 valence electrons. The van der Waals surface area contributed by atoms with E-state index in [4.69, 9.17) is 0 Å². The SMILES string of the molecule is CC(C)SCC(=O)NCCNCCNC(=O)CSCI. The number of hydrogen-bond donors (Lipinski definition) is 3. The van der Waals surface area contributed by atoms with E-state index >= 15 is 0 Å². The van der Waals surface area contributed by atoms with Gasteiger partial charge in [0.1, 0.15) is 0 Å². The van der Waals surface area contributed by atoms with Crippen LogP contribution in [0.2, 0.25) is 0 Å². The Morgan fingerprint density at radius 1 is 1.00 bits per heavy atom. The Morgan fingerprint density at radius 2 is 1.55 bits per heavy atom. The first-order chi connectivity index (χ1) is 9.56. The summed E-state index contributed by atoms with van der Waals surface area (Å²) in [4.78, 5) is 22.7. The van der Waals surface area contributed by atoms with Gasteiger partial charge in [-0.3, -0.25) is 9.59 Å². The summed E-state index contributed by atoms with van der Waals surface area (Å²) < 4.78 is 0.929. The standard InChI is InChI=1S/C12H24IN3O2S2/c1-10(2)20-8-12(18)16-6-4-14-3-5-15-11(17)7-19-9-13/h10,14H,3-9H2,1-2H3,(H,15,17)(H,16,18). The molecule has 0 heterocycles. The Kier molecular flexibility index (Phi) is 14.5. The normalized spacial score (nSPS) is 10.6. The number of thioether (sulfide) groups is 2. The van der Waals surface area contributed by atoms with Gasteiger partial charge in [0.15, 0.2) is 0 Å². The molecular formula is C12H24IN3O2S2. The third-order valence-electron chi connectivity index (χ3n) is 2.11. The van der Waals surface area contributed by atoms with Crippen molar-refractivity contribution in [3.05, 3.63) is 0 Å². The van der Waals surface area contributed by atoms with Crippen molar-refractivity contribution >= 4 is 57.9 Å². The van der Waals surface area contributed by atoms with E-state index in [1.54, 1.807) is 23.5 Å². The Bertz CT molecular complexity index is 281. The highest BCUT2D eigenvalue weighted by molar-refractivity contribution is 14.1. The Balaban J connectivity index is 3.28. The monoisotopic (exact) mass is 433 g/mol. The molecule has 0 saturated carbocycles. The van der Waals surface area contributed by atoms with Crippen LogP contribution in [-0.2, 0) is 9.59 Å². The van der Waals surface area contributed by atoms with Gasteiger partial charge < -0.3 is 16.0 Å². The van der Waals surface area contributed by atoms with Crippen molar-refractivity contribution in [3.63, 3.8) is 0 Å². The average Bonchev–Trinajstić information content (AvgIpc) is 2.41. The van der Waals surface area contributed by atoms with Crippen LogP contribution >= 0.6 is 46.1 Å². The lowest BCUT2D eigenvalue weighted by Crippen LogP contribution is -2.37. The summed E-state index contributed by atoms with van der Waals surface area (Å²) in [6, 6.07) is 0. The lowest BCUT2D eigenvalue weighted by Gasteiger charge is -2.08. The molecule has 0 rings (SSSR count). The molecule has 0 aliphatic rings. The third-order valence-corrected chi connectivity index (χ3v) is 5.14. The van der Waals surface area contributed by atoms with Gasteiger partial charge in [-0.05, 0) is 5.25 Å². The van der Waals surface area contributed by atoms with Gasteiger partial charge in [-0.2, -0.15) is 0 Å². The van der Waals surface area contributed by atoms with Gasteiger partial charge in [0.05, 0.1) is 11.5 Å². The molecule has 0 spiro atoms. The molecule has 20 heavy (non-hydrogen) atoms. The fourth-order valence-electron chi connectivity index (χ4n) is 1.18. The second-order valence-corrected chi connectivity index (χ2v) is 8.62. The first-order valence-corrected chi connectivity index (χ1v) is 10.3. The van der Waals surface area contributed by atoms with Gasteiger partial charge in [0.2, 0.25) is 11.8 Å². The van der Waals surface area contributed by atoms with Gasteiger partial charge in [0, 0.05) is 29.9 Å². The highest BCUT2D eigenvalue weighted by atomic mass is 127. The number of amides is 2. The quantitative estimate of drug-likeness (QED) is 0.244. The number of carbonyl (C=O) groups excluding carboxylic acids is 2. The molecule has 2 amide bonds. The molecule has 5 nitrogen and oxygen atoms in total. The van der Waals surface area contributed by atoms with Crippen LogP contribution in [0.4, 0.5) is 0 Å². The number of halogens is 1. The number of carbonyl (C=O) groups is 2. The van der Waals surface area contributed by atoms with Crippen molar-refractivity contribution in [1.82, 2.24) is 16.0 Å². The lowest BCUT2D eigenvalue weighted by atomic mass is 10.5. The summed E-state index contributed by atoms with van der Waals surface area (Å²) in [6.45, 7) is 6.83. The van der Waals surface area contributed by atoms with Crippen molar-refractivity contribution in [1.29, 1.82) is 0 Å². The van der Waals surface area contributed by atoms with E-state index in [0.29, 0.717) is 29.8 Å². The highest BCUT2D eigenvalue weighted by Gasteiger charge is 2.02. The first-order valence-electron chi connectivity index (χ1n) is 6.55. The molecular weight excluding hydrogens is 409 g/mol. The van der Waals surface area contributed by atoms with Crippen molar-refractivity contribution < 1.29 is 9.59 Å². The van der Waals surface area contributed by atoms with Crippen molar-refractivity contribution in [2.75, 3.05) is 41.4 Å². The summed E-state index contributed by atoms with van der Waals surface area (Å²) in [6.07, 6.45) is 0. The molecule has 0 fully saturated rings. The predicted molar refractivity (Wildman–Crippen MR) is 97.8 cm³/mol. The lowest BCUT2D eigenvalue weighted by molar-refractivity contribution is -0.119. The molecule has 0 aromatic rings. The maximum atomic E-state index is 11.4. The van der Waals surface area contributed by atoms with Gasteiger partial charge >= 0.3 is 0 Å². The van der Waals surface area contributed by atoms with E-state index < -0.39 is 0 Å². The zero-order chi connectivity index (χ0) is 15.2. The average molecular weight is 433 g/mol. The Hall–Kier alpha value is 0.330. The maximum Gasteiger partial charge on any atom is 0.230 e. The zero-order valence-corrected chi connectivity index (χ0v) is 15.8. The van der Waals surface area contributed by atoms with E-state index in [-0.39, 0.29) is 11.8 Å². The molecule has 0 bridgehead atoms. The fourth-order valence-corrected chi connectivity index (χ4v) is 2.79. The molecule has 0 atom stereocenters. The Morgan fingerprint density at radius 3 is 2.05 bits per heavy atom. The van der Waals surface area contributed by atoms with Gasteiger partial charge in [-0.25, -0.2) is 0 Å². The summed E-state index contributed by atoms with van der Waals surface area (Å²) >= 11 is 5.47. The smallest absolute Gasteiger partial charge is 0.230 e. The molecule has 8 heteroatoms. The van der Waals surface area contributed by atoms with Crippen LogP contribution in [0, 0.1) is 0 Å². The summed E-state index contributed by atoms with van der Waals surface area (Å²) in [5, 5.41) is 9.34. The first kappa shape index (κ1) is 20.3. The summed E-state index contributed by atoms with van der Waals surface area (Å²) in [5.41, 5.74) is 0. The topological polar surface area (TPSA) is 70.2 Å². The van der Waals surface area contributed by atoms with E-state index in [0.717, 1.165) is 16.8 Å². The van der Waals surface area contributed by atoms with Crippen LogP contribution in [0.1, 0.15) is 13.8 Å². The number of rotatable bonds is 12. The van der Waals surface area contributed by atoms with Gasteiger partial charge in [0.25, 0.3) is 0 Å². The van der Waals surface area contributed by atoms with Gasteiger partial charge in [-0.15, -0.1) is 23.5 Å². The summed E-state index contributed by atoms with van der Waals surface area (Å²) in [7, 11) is 0. The van der Waals surface area contributed by atoms with E-state index in [1.165, 1.54) is 0 Å². The molecule has 0 aromatic heterocycles. The van der Waals surface area contributed by atoms with Crippen LogP contribution < -0.4 is 16.0 Å². The zero-order valence-electron chi connectivity index (χ0n) is 12.0. The predicted octanol–water partition coefficient (Wildman–Crippen LogP) is 1.08. The van der Waals surface area contributed by atoms with E-state index in [2.05, 4.69) is 52.4 Å². The molecule has 0 saturated heterocycles. The molecule has 3 N–H and O–H groups in total. The van der Waals surface area contributed by atoms with Crippen molar-refractivity contribution in [2.24, 2.45) is 0 Å². The number of alkyl halides is 1. The van der Waals surface area contributed by atoms with Crippen molar-refractivity contribution in [2.45, 2.75) is 19.1 Å². The highest BCUT2D eigenvalue weighted by Crippen LogP contribution is 2.07. The minimum Gasteiger partial charge on any atom is -0.354 e. The van der Waals surface area contributed by atoms with E-state index in [9.17, 15) is 9.59 Å². The minimum atomic E-state index is 0.0764. The molecule has 0 aromatic carbocycles. The van der Waals surface area contributed by atoms with Crippen LogP contribution in [0.3, 0.4) is 0 Å². The largest absolute Gasteiger partial charge is 0.354 e. The molecule has 0 unspecified atom stereocenters. The van der Waals surface area contributed by atoms with Gasteiger partial charge in [-0.1, -0.05) is 36.4 Å². The van der Waals surface area contributed by atoms with Crippen LogP contribution in [0.25, 0.3) is 0 Å². The molecule has 0 aliphatic heterocycles. The molecule has 0 radical (unpaired) electrons. The van der Waals surface area contributed by atoms with Crippen molar-refractivity contribution in [3.8, 4) is 0 Å². The maximum absolute atomic E-state index is 11.4. The second-order valence-electron chi connectivity index (χ2n) is 4.27. The van der Waals surface area contributed by atoms with Crippen LogP contribution in [0.5, 0.6) is 0 Å². The van der Waals surface area contributed by atoms with Crippen LogP contribution in [0.15, 0.2) is 0 Å². The molecule has 0 aliphatic carbocycles.